The predicted octanol–water partition coefficient (Wildman–Crippen LogP) is 6.20. The molecule has 1 heterocycles. The highest BCUT2D eigenvalue weighted by molar-refractivity contribution is 7.80. The summed E-state index contributed by atoms with van der Waals surface area (Å²) in [5, 5.41) is 6.53. The molecule has 156 valence electrons. The Bertz CT molecular complexity index is 1330. The van der Waals surface area contributed by atoms with Crippen molar-refractivity contribution in [1.29, 1.82) is 0 Å². The molecule has 0 unspecified atom stereocenters. The second kappa shape index (κ2) is 8.49. The van der Waals surface area contributed by atoms with Crippen molar-refractivity contribution in [2.75, 3.05) is 5.32 Å². The van der Waals surface area contributed by atoms with Gasteiger partial charge in [0, 0.05) is 11.3 Å². The Kier molecular flexibility index (Phi) is 5.76. The molecule has 4 rings (SSSR count). The molecule has 5 nitrogen and oxygen atoms in total. The van der Waals surface area contributed by atoms with E-state index in [0.29, 0.717) is 33.3 Å². The minimum absolute atomic E-state index is 0.203. The number of halogens is 1. The first kappa shape index (κ1) is 21.0. The maximum atomic E-state index is 12.5. The SMILES string of the molecule is Cc1ccc(C(=O)NC(=S)Nc2ccc3oc(-c4ccc(C)cc4Cl)nc3c2)c(C)c1. The monoisotopic (exact) mass is 449 g/mol. The van der Waals surface area contributed by atoms with E-state index in [2.05, 4.69) is 15.6 Å². The van der Waals surface area contributed by atoms with Crippen LogP contribution in [-0.2, 0) is 0 Å². The Morgan fingerprint density at radius 1 is 1.00 bits per heavy atom. The van der Waals surface area contributed by atoms with E-state index in [0.717, 1.165) is 22.3 Å². The van der Waals surface area contributed by atoms with Crippen molar-refractivity contribution in [2.24, 2.45) is 0 Å². The quantitative estimate of drug-likeness (QED) is 0.364. The number of benzene rings is 3. The number of anilines is 1. The molecule has 3 aromatic carbocycles. The molecule has 4 aromatic rings. The molecule has 0 bridgehead atoms. The van der Waals surface area contributed by atoms with Crippen LogP contribution in [-0.4, -0.2) is 16.0 Å². The van der Waals surface area contributed by atoms with Crippen LogP contribution in [0.15, 0.2) is 59.0 Å². The second-order valence-electron chi connectivity index (χ2n) is 7.41. The summed E-state index contributed by atoms with van der Waals surface area (Å²) in [7, 11) is 0. The fourth-order valence-electron chi connectivity index (χ4n) is 3.32. The van der Waals surface area contributed by atoms with Crippen LogP contribution in [0.4, 0.5) is 5.69 Å². The first-order valence-corrected chi connectivity index (χ1v) is 10.5. The molecule has 31 heavy (non-hydrogen) atoms. The van der Waals surface area contributed by atoms with E-state index >= 15 is 0 Å². The van der Waals surface area contributed by atoms with Gasteiger partial charge in [0.15, 0.2) is 10.7 Å². The smallest absolute Gasteiger partial charge is 0.257 e. The number of hydrogen-bond donors (Lipinski definition) is 2. The van der Waals surface area contributed by atoms with Gasteiger partial charge >= 0.3 is 0 Å². The van der Waals surface area contributed by atoms with Gasteiger partial charge in [-0.15, -0.1) is 0 Å². The number of fused-ring (bicyclic) bond motifs is 1. The summed E-state index contributed by atoms with van der Waals surface area (Å²) in [5.74, 6) is 0.191. The molecule has 0 saturated carbocycles. The number of oxazole rings is 1. The highest BCUT2D eigenvalue weighted by atomic mass is 35.5. The third kappa shape index (κ3) is 4.60. The molecule has 0 radical (unpaired) electrons. The van der Waals surface area contributed by atoms with E-state index in [-0.39, 0.29) is 11.0 Å². The van der Waals surface area contributed by atoms with E-state index in [9.17, 15) is 4.79 Å². The predicted molar refractivity (Wildman–Crippen MR) is 129 cm³/mol. The molecule has 0 atom stereocenters. The third-order valence-electron chi connectivity index (χ3n) is 4.85. The van der Waals surface area contributed by atoms with E-state index in [1.807, 2.05) is 57.2 Å². The van der Waals surface area contributed by atoms with Crippen molar-refractivity contribution < 1.29 is 9.21 Å². The lowest BCUT2D eigenvalue weighted by Gasteiger charge is -2.11. The van der Waals surface area contributed by atoms with Gasteiger partial charge in [-0.1, -0.05) is 35.4 Å². The Morgan fingerprint density at radius 2 is 1.74 bits per heavy atom. The summed E-state index contributed by atoms with van der Waals surface area (Å²) in [6.07, 6.45) is 0. The van der Waals surface area contributed by atoms with E-state index < -0.39 is 0 Å². The van der Waals surface area contributed by atoms with Gasteiger partial charge in [0.1, 0.15) is 5.52 Å². The Morgan fingerprint density at radius 3 is 2.48 bits per heavy atom. The first-order chi connectivity index (χ1) is 14.8. The zero-order chi connectivity index (χ0) is 22.1. The number of aryl methyl sites for hydroxylation is 3. The molecular formula is C24H20ClN3O2S. The van der Waals surface area contributed by atoms with Crippen LogP contribution in [0.25, 0.3) is 22.6 Å². The van der Waals surface area contributed by atoms with Crippen LogP contribution in [0.1, 0.15) is 27.0 Å². The first-order valence-electron chi connectivity index (χ1n) is 9.67. The summed E-state index contributed by atoms with van der Waals surface area (Å²) in [6.45, 7) is 5.86. The Balaban J connectivity index is 1.51. The van der Waals surface area contributed by atoms with Gasteiger partial charge < -0.3 is 9.73 Å². The average molecular weight is 450 g/mol. The van der Waals surface area contributed by atoms with Crippen molar-refractivity contribution >= 4 is 51.6 Å². The minimum atomic E-state index is -0.256. The Labute approximate surface area is 190 Å². The largest absolute Gasteiger partial charge is 0.436 e. The van der Waals surface area contributed by atoms with Gasteiger partial charge in [-0.25, -0.2) is 4.98 Å². The lowest BCUT2D eigenvalue weighted by molar-refractivity contribution is 0.0977. The number of hydrogen-bond acceptors (Lipinski definition) is 4. The van der Waals surface area contributed by atoms with Gasteiger partial charge in [0.25, 0.3) is 5.91 Å². The van der Waals surface area contributed by atoms with Crippen LogP contribution in [0, 0.1) is 20.8 Å². The van der Waals surface area contributed by atoms with Crippen molar-refractivity contribution in [3.63, 3.8) is 0 Å². The number of thiocarbonyl (C=S) groups is 1. The second-order valence-corrected chi connectivity index (χ2v) is 8.23. The maximum absolute atomic E-state index is 12.5. The summed E-state index contributed by atoms with van der Waals surface area (Å²) in [6, 6.07) is 16.8. The molecule has 0 aliphatic rings. The zero-order valence-corrected chi connectivity index (χ0v) is 18.8. The summed E-state index contributed by atoms with van der Waals surface area (Å²) in [4.78, 5) is 17.1. The fourth-order valence-corrected chi connectivity index (χ4v) is 3.84. The summed E-state index contributed by atoms with van der Waals surface area (Å²) in [5.41, 5.74) is 6.34. The van der Waals surface area contributed by atoms with Gasteiger partial charge in [0.2, 0.25) is 5.89 Å². The normalized spacial score (nSPS) is 10.8. The van der Waals surface area contributed by atoms with Crippen molar-refractivity contribution in [3.05, 3.63) is 81.9 Å². The maximum Gasteiger partial charge on any atom is 0.257 e. The highest BCUT2D eigenvalue weighted by Gasteiger charge is 2.14. The molecule has 2 N–H and O–H groups in total. The number of carbonyl (C=O) groups excluding carboxylic acids is 1. The van der Waals surface area contributed by atoms with Crippen LogP contribution >= 0.6 is 23.8 Å². The number of carbonyl (C=O) groups is 1. The zero-order valence-electron chi connectivity index (χ0n) is 17.2. The minimum Gasteiger partial charge on any atom is -0.436 e. The average Bonchev–Trinajstić information content (AvgIpc) is 3.10. The molecule has 0 saturated heterocycles. The van der Waals surface area contributed by atoms with Crippen molar-refractivity contribution in [3.8, 4) is 11.5 Å². The molecule has 1 amide bonds. The molecular weight excluding hydrogens is 430 g/mol. The topological polar surface area (TPSA) is 67.2 Å². The lowest BCUT2D eigenvalue weighted by atomic mass is 10.1. The van der Waals surface area contributed by atoms with Gasteiger partial charge in [-0.3, -0.25) is 10.1 Å². The molecule has 0 fully saturated rings. The van der Waals surface area contributed by atoms with Crippen molar-refractivity contribution in [2.45, 2.75) is 20.8 Å². The van der Waals surface area contributed by atoms with Crippen LogP contribution in [0.5, 0.6) is 0 Å². The number of nitrogens with zero attached hydrogens (tertiary/aromatic N) is 1. The highest BCUT2D eigenvalue weighted by Crippen LogP contribution is 2.31. The number of aromatic nitrogens is 1. The van der Waals surface area contributed by atoms with Gasteiger partial charge in [-0.05, 0) is 80.5 Å². The van der Waals surface area contributed by atoms with Crippen LogP contribution < -0.4 is 10.6 Å². The standard InChI is InChI=1S/C24H20ClN3O2S/c1-13-4-7-17(15(3)10-13)22(29)28-24(31)26-16-6-9-21-20(12-16)27-23(30-21)18-8-5-14(2)11-19(18)25/h4-12H,1-3H3,(H2,26,28,29,31). The number of amides is 1. The molecule has 0 spiro atoms. The van der Waals surface area contributed by atoms with E-state index in [1.165, 1.54) is 0 Å². The van der Waals surface area contributed by atoms with Crippen molar-refractivity contribution in [1.82, 2.24) is 10.3 Å². The molecule has 0 aliphatic carbocycles. The summed E-state index contributed by atoms with van der Waals surface area (Å²) >= 11 is 11.7. The van der Waals surface area contributed by atoms with E-state index in [1.54, 1.807) is 18.2 Å². The number of rotatable bonds is 3. The Hall–Kier alpha value is -3.22. The lowest BCUT2D eigenvalue weighted by Crippen LogP contribution is -2.34. The van der Waals surface area contributed by atoms with Gasteiger partial charge in [-0.2, -0.15) is 0 Å². The molecule has 7 heteroatoms. The summed E-state index contributed by atoms with van der Waals surface area (Å²) < 4.78 is 5.85. The van der Waals surface area contributed by atoms with Crippen LogP contribution in [0.2, 0.25) is 5.02 Å². The van der Waals surface area contributed by atoms with E-state index in [4.69, 9.17) is 28.2 Å². The van der Waals surface area contributed by atoms with Crippen LogP contribution in [0.3, 0.4) is 0 Å². The van der Waals surface area contributed by atoms with Gasteiger partial charge in [0.05, 0.1) is 10.6 Å². The molecule has 0 aliphatic heterocycles. The third-order valence-corrected chi connectivity index (χ3v) is 5.37. The fraction of sp³-hybridized carbons (Fsp3) is 0.125. The number of nitrogens with one attached hydrogen (secondary N) is 2. The molecule has 1 aromatic heterocycles.